The second kappa shape index (κ2) is 4.13. The Morgan fingerprint density at radius 2 is 2.00 bits per heavy atom. The molecule has 2 nitrogen and oxygen atoms in total. The molecule has 0 saturated heterocycles. The van der Waals surface area contributed by atoms with E-state index in [1.165, 1.54) is 18.2 Å². The van der Waals surface area contributed by atoms with Crippen LogP contribution in [-0.2, 0) is 0 Å². The molecule has 2 heteroatoms. The summed E-state index contributed by atoms with van der Waals surface area (Å²) in [5.74, 6) is 5.13. The molecule has 0 saturated carbocycles. The van der Waals surface area contributed by atoms with Crippen molar-refractivity contribution in [2.45, 2.75) is 0 Å². The first-order valence-electron chi connectivity index (χ1n) is 3.70. The molecule has 1 aromatic rings. The SMILES string of the molecule is C=CC#Cc1ccc(O)c(=O)cc1. The maximum atomic E-state index is 10.9. The van der Waals surface area contributed by atoms with Gasteiger partial charge in [0, 0.05) is 5.56 Å². The summed E-state index contributed by atoms with van der Waals surface area (Å²) in [7, 11) is 0. The van der Waals surface area contributed by atoms with Gasteiger partial charge in [-0.15, -0.1) is 0 Å². The summed E-state index contributed by atoms with van der Waals surface area (Å²) in [6.45, 7) is 3.44. The van der Waals surface area contributed by atoms with Gasteiger partial charge in [0.15, 0.2) is 5.75 Å². The van der Waals surface area contributed by atoms with Crippen LogP contribution in [0.15, 0.2) is 41.7 Å². The van der Waals surface area contributed by atoms with Gasteiger partial charge >= 0.3 is 0 Å². The first-order chi connectivity index (χ1) is 6.24. The van der Waals surface area contributed by atoms with Gasteiger partial charge in [0.25, 0.3) is 0 Å². The largest absolute Gasteiger partial charge is 0.504 e. The molecule has 0 aliphatic carbocycles. The van der Waals surface area contributed by atoms with Gasteiger partial charge in [-0.05, 0) is 30.3 Å². The lowest BCUT2D eigenvalue weighted by Gasteiger charge is -1.77. The monoisotopic (exact) mass is 172 g/mol. The van der Waals surface area contributed by atoms with Crippen molar-refractivity contribution in [2.75, 3.05) is 0 Å². The highest BCUT2D eigenvalue weighted by atomic mass is 16.3. The summed E-state index contributed by atoms with van der Waals surface area (Å²) in [4.78, 5) is 10.9. The Balaban J connectivity index is 3.24. The smallest absolute Gasteiger partial charge is 0.220 e. The van der Waals surface area contributed by atoms with Gasteiger partial charge in [-0.2, -0.15) is 0 Å². The Bertz CT molecular complexity index is 436. The number of hydrogen-bond donors (Lipinski definition) is 1. The van der Waals surface area contributed by atoms with Crippen LogP contribution in [0.4, 0.5) is 0 Å². The predicted molar refractivity (Wildman–Crippen MR) is 51.5 cm³/mol. The van der Waals surface area contributed by atoms with Crippen molar-refractivity contribution < 1.29 is 5.11 Å². The van der Waals surface area contributed by atoms with Crippen molar-refractivity contribution in [1.29, 1.82) is 0 Å². The lowest BCUT2D eigenvalue weighted by molar-refractivity contribution is 0.471. The first kappa shape index (κ1) is 9.08. The van der Waals surface area contributed by atoms with Gasteiger partial charge in [-0.3, -0.25) is 4.79 Å². The molecule has 0 radical (unpaired) electrons. The highest BCUT2D eigenvalue weighted by Gasteiger charge is 1.91. The molecular formula is C11H8O2. The van der Waals surface area contributed by atoms with E-state index in [0.717, 1.165) is 0 Å². The highest BCUT2D eigenvalue weighted by molar-refractivity contribution is 5.37. The van der Waals surface area contributed by atoms with Crippen LogP contribution >= 0.6 is 0 Å². The molecule has 0 aromatic heterocycles. The quantitative estimate of drug-likeness (QED) is 0.599. The van der Waals surface area contributed by atoms with Crippen LogP contribution in [0, 0.1) is 11.8 Å². The summed E-state index contributed by atoms with van der Waals surface area (Å²) in [5, 5.41) is 9.05. The van der Waals surface area contributed by atoms with Gasteiger partial charge in [0.1, 0.15) is 0 Å². The third kappa shape index (κ3) is 2.49. The minimum absolute atomic E-state index is 0.272. The second-order valence-corrected chi connectivity index (χ2v) is 2.34. The van der Waals surface area contributed by atoms with Crippen LogP contribution < -0.4 is 5.43 Å². The standard InChI is InChI=1S/C11H8O2/c1-2-3-4-9-5-7-10(12)11(13)8-6-9/h2,5-8H,1H2,(H,12,13). The van der Waals surface area contributed by atoms with Gasteiger partial charge in [-0.1, -0.05) is 18.4 Å². The second-order valence-electron chi connectivity index (χ2n) is 2.34. The number of allylic oxidation sites excluding steroid dienone is 1. The van der Waals surface area contributed by atoms with Crippen LogP contribution in [0.3, 0.4) is 0 Å². The molecule has 0 aliphatic heterocycles. The molecule has 0 aliphatic rings. The van der Waals surface area contributed by atoms with Crippen molar-refractivity contribution in [3.05, 3.63) is 52.7 Å². The van der Waals surface area contributed by atoms with Crippen molar-refractivity contribution in [1.82, 2.24) is 0 Å². The Hall–Kier alpha value is -2.01. The zero-order valence-corrected chi connectivity index (χ0v) is 6.95. The number of rotatable bonds is 0. The molecule has 13 heavy (non-hydrogen) atoms. The van der Waals surface area contributed by atoms with Gasteiger partial charge in [0.05, 0.1) is 0 Å². The molecule has 0 bridgehead atoms. The average molecular weight is 172 g/mol. The molecular weight excluding hydrogens is 164 g/mol. The van der Waals surface area contributed by atoms with E-state index in [2.05, 4.69) is 18.4 Å². The molecule has 1 N–H and O–H groups in total. The van der Waals surface area contributed by atoms with Gasteiger partial charge < -0.3 is 5.11 Å². The van der Waals surface area contributed by atoms with E-state index in [9.17, 15) is 4.79 Å². The molecule has 0 amide bonds. The first-order valence-corrected chi connectivity index (χ1v) is 3.70. The Morgan fingerprint density at radius 3 is 2.69 bits per heavy atom. The van der Waals surface area contributed by atoms with Gasteiger partial charge in [0.2, 0.25) is 5.43 Å². The molecule has 0 atom stereocenters. The maximum Gasteiger partial charge on any atom is 0.220 e. The van der Waals surface area contributed by atoms with E-state index in [-0.39, 0.29) is 5.75 Å². The van der Waals surface area contributed by atoms with E-state index in [0.29, 0.717) is 5.56 Å². The minimum Gasteiger partial charge on any atom is -0.504 e. The topological polar surface area (TPSA) is 37.3 Å². The van der Waals surface area contributed by atoms with Crippen molar-refractivity contribution in [2.24, 2.45) is 0 Å². The summed E-state index contributed by atoms with van der Waals surface area (Å²) in [6.07, 6.45) is 1.46. The summed E-state index contributed by atoms with van der Waals surface area (Å²) < 4.78 is 0. The normalized spacial score (nSPS) is 8.31. The predicted octanol–water partition coefficient (Wildman–Crippen LogP) is 1.29. The highest BCUT2D eigenvalue weighted by Crippen LogP contribution is 1.99. The van der Waals surface area contributed by atoms with E-state index in [4.69, 9.17) is 5.11 Å². The number of hydrogen-bond acceptors (Lipinski definition) is 2. The van der Waals surface area contributed by atoms with E-state index >= 15 is 0 Å². The molecule has 1 rings (SSSR count). The van der Waals surface area contributed by atoms with Crippen LogP contribution in [0.2, 0.25) is 0 Å². The number of aromatic hydroxyl groups is 1. The molecule has 0 spiro atoms. The zero-order chi connectivity index (χ0) is 9.68. The third-order valence-corrected chi connectivity index (χ3v) is 1.41. The Kier molecular flexibility index (Phi) is 2.88. The maximum absolute atomic E-state index is 10.9. The minimum atomic E-state index is -0.411. The fraction of sp³-hybridized carbons (Fsp3) is 0. The van der Waals surface area contributed by atoms with Crippen LogP contribution in [0.25, 0.3) is 0 Å². The third-order valence-electron chi connectivity index (χ3n) is 1.41. The Labute approximate surface area is 76.2 Å². The molecule has 0 fully saturated rings. The summed E-state index contributed by atoms with van der Waals surface area (Å²) in [6, 6.07) is 5.74. The molecule has 0 heterocycles. The van der Waals surface area contributed by atoms with Crippen molar-refractivity contribution in [3.63, 3.8) is 0 Å². The zero-order valence-electron chi connectivity index (χ0n) is 6.95. The summed E-state index contributed by atoms with van der Waals surface area (Å²) in [5.41, 5.74) is 0.254. The average Bonchev–Trinajstić information content (AvgIpc) is 2.29. The van der Waals surface area contributed by atoms with Crippen LogP contribution in [0.1, 0.15) is 5.56 Å². The molecule has 1 aromatic carbocycles. The van der Waals surface area contributed by atoms with E-state index < -0.39 is 5.43 Å². The van der Waals surface area contributed by atoms with Gasteiger partial charge in [-0.25, -0.2) is 0 Å². The fourth-order valence-electron chi connectivity index (χ4n) is 0.775. The van der Waals surface area contributed by atoms with Crippen LogP contribution in [0.5, 0.6) is 5.75 Å². The van der Waals surface area contributed by atoms with E-state index in [1.807, 2.05) is 0 Å². The molecule has 0 unspecified atom stereocenters. The lowest BCUT2D eigenvalue weighted by atomic mass is 10.3. The van der Waals surface area contributed by atoms with Crippen LogP contribution in [-0.4, -0.2) is 5.11 Å². The summed E-state index contributed by atoms with van der Waals surface area (Å²) >= 11 is 0. The lowest BCUT2D eigenvalue weighted by Crippen LogP contribution is -1.91. The van der Waals surface area contributed by atoms with Crippen molar-refractivity contribution >= 4 is 0 Å². The molecule has 64 valence electrons. The Morgan fingerprint density at radius 1 is 1.31 bits per heavy atom. The van der Waals surface area contributed by atoms with Crippen molar-refractivity contribution in [3.8, 4) is 17.6 Å². The van der Waals surface area contributed by atoms with E-state index in [1.54, 1.807) is 12.1 Å². The fourth-order valence-corrected chi connectivity index (χ4v) is 0.775.